The minimum absolute atomic E-state index is 0.219. The van der Waals surface area contributed by atoms with Crippen molar-refractivity contribution < 1.29 is 14.7 Å². The summed E-state index contributed by atoms with van der Waals surface area (Å²) in [7, 11) is 1.52. The average molecular weight is 223 g/mol. The highest BCUT2D eigenvalue weighted by Gasteiger charge is 2.06. The van der Waals surface area contributed by atoms with Crippen LogP contribution in [0.1, 0.15) is 10.4 Å². The van der Waals surface area contributed by atoms with Gasteiger partial charge in [-0.3, -0.25) is 9.59 Å². The molecule has 0 aromatic heterocycles. The molecule has 1 aromatic rings. The van der Waals surface area contributed by atoms with Gasteiger partial charge in [-0.2, -0.15) is 0 Å². The molecule has 0 bridgehead atoms. The summed E-state index contributed by atoms with van der Waals surface area (Å²) in [6, 6.07) is 4.63. The largest absolute Gasteiger partial charge is 0.480 e. The van der Waals surface area contributed by atoms with E-state index in [1.807, 2.05) is 0 Å². The molecule has 0 aliphatic heterocycles. The second-order valence-electron chi connectivity index (χ2n) is 3.13. The first-order valence-corrected chi connectivity index (χ1v) is 4.62. The Morgan fingerprint density at radius 1 is 1.44 bits per heavy atom. The maximum atomic E-state index is 11.3. The Bertz CT molecular complexity index is 418. The number of rotatable bonds is 4. The number of amides is 1. The van der Waals surface area contributed by atoms with Gasteiger partial charge in [-0.05, 0) is 18.2 Å². The van der Waals surface area contributed by atoms with Crippen molar-refractivity contribution in [2.24, 2.45) is 0 Å². The van der Waals surface area contributed by atoms with Crippen LogP contribution in [0, 0.1) is 0 Å². The zero-order valence-corrected chi connectivity index (χ0v) is 8.78. The highest BCUT2D eigenvalue weighted by atomic mass is 16.4. The van der Waals surface area contributed by atoms with Crippen LogP contribution in [0.15, 0.2) is 18.2 Å². The molecule has 1 rings (SSSR count). The Morgan fingerprint density at radius 3 is 2.62 bits per heavy atom. The molecule has 1 amide bonds. The van der Waals surface area contributed by atoms with E-state index in [2.05, 4.69) is 10.6 Å². The second kappa shape index (κ2) is 5.01. The highest BCUT2D eigenvalue weighted by molar-refractivity contribution is 5.96. The van der Waals surface area contributed by atoms with E-state index in [1.54, 1.807) is 12.1 Å². The minimum Gasteiger partial charge on any atom is -0.480 e. The van der Waals surface area contributed by atoms with Crippen molar-refractivity contribution in [3.8, 4) is 0 Å². The van der Waals surface area contributed by atoms with Crippen molar-refractivity contribution in [3.63, 3.8) is 0 Å². The molecule has 0 atom stereocenters. The number of nitrogens with two attached hydrogens (primary N) is 1. The third-order valence-corrected chi connectivity index (χ3v) is 1.97. The molecule has 0 heterocycles. The van der Waals surface area contributed by atoms with Crippen LogP contribution >= 0.6 is 0 Å². The number of aliphatic carboxylic acids is 1. The quantitative estimate of drug-likeness (QED) is 0.543. The van der Waals surface area contributed by atoms with Crippen molar-refractivity contribution >= 4 is 23.3 Å². The smallest absolute Gasteiger partial charge is 0.322 e. The molecule has 0 saturated carbocycles. The van der Waals surface area contributed by atoms with Crippen LogP contribution in [-0.4, -0.2) is 30.6 Å². The van der Waals surface area contributed by atoms with E-state index in [-0.39, 0.29) is 12.5 Å². The van der Waals surface area contributed by atoms with Crippen LogP contribution in [-0.2, 0) is 4.79 Å². The van der Waals surface area contributed by atoms with Crippen LogP contribution in [0.25, 0.3) is 0 Å². The second-order valence-corrected chi connectivity index (χ2v) is 3.13. The Kier molecular flexibility index (Phi) is 3.71. The highest BCUT2D eigenvalue weighted by Crippen LogP contribution is 2.19. The third-order valence-electron chi connectivity index (χ3n) is 1.97. The summed E-state index contributed by atoms with van der Waals surface area (Å²) in [5.74, 6) is -1.22. The number of benzene rings is 1. The SMILES string of the molecule is CNC(=O)c1ccc(NCC(=O)O)c(N)c1. The van der Waals surface area contributed by atoms with Gasteiger partial charge in [-0.25, -0.2) is 0 Å². The van der Waals surface area contributed by atoms with E-state index >= 15 is 0 Å². The van der Waals surface area contributed by atoms with Gasteiger partial charge in [0, 0.05) is 12.6 Å². The maximum absolute atomic E-state index is 11.3. The summed E-state index contributed by atoms with van der Waals surface area (Å²) >= 11 is 0. The van der Waals surface area contributed by atoms with Gasteiger partial charge in [0.2, 0.25) is 0 Å². The Labute approximate surface area is 92.4 Å². The lowest BCUT2D eigenvalue weighted by Crippen LogP contribution is -2.18. The first-order valence-electron chi connectivity index (χ1n) is 4.62. The van der Waals surface area contributed by atoms with Crippen molar-refractivity contribution in [1.82, 2.24) is 5.32 Å². The van der Waals surface area contributed by atoms with Crippen LogP contribution in [0.5, 0.6) is 0 Å². The number of hydrogen-bond donors (Lipinski definition) is 4. The van der Waals surface area contributed by atoms with Gasteiger partial charge < -0.3 is 21.5 Å². The van der Waals surface area contributed by atoms with Crippen molar-refractivity contribution in [3.05, 3.63) is 23.8 Å². The number of carboxylic acid groups (broad SMARTS) is 1. The van der Waals surface area contributed by atoms with Gasteiger partial charge >= 0.3 is 5.97 Å². The average Bonchev–Trinajstić information content (AvgIpc) is 2.26. The lowest BCUT2D eigenvalue weighted by Gasteiger charge is -2.08. The number of hydrogen-bond acceptors (Lipinski definition) is 4. The molecule has 0 radical (unpaired) electrons. The molecule has 5 N–H and O–H groups in total. The summed E-state index contributed by atoms with van der Waals surface area (Å²) in [4.78, 5) is 21.6. The molecule has 16 heavy (non-hydrogen) atoms. The molecule has 0 saturated heterocycles. The van der Waals surface area contributed by atoms with Crippen molar-refractivity contribution in [1.29, 1.82) is 0 Å². The van der Waals surface area contributed by atoms with E-state index in [1.165, 1.54) is 13.1 Å². The summed E-state index contributed by atoms with van der Waals surface area (Å²) < 4.78 is 0. The lowest BCUT2D eigenvalue weighted by atomic mass is 10.1. The van der Waals surface area contributed by atoms with Gasteiger partial charge in [-0.15, -0.1) is 0 Å². The van der Waals surface area contributed by atoms with Crippen LogP contribution in [0.2, 0.25) is 0 Å². The molecule has 86 valence electrons. The standard InChI is InChI=1S/C10H13N3O3/c1-12-10(16)6-2-3-8(7(11)4-6)13-5-9(14)15/h2-4,13H,5,11H2,1H3,(H,12,16)(H,14,15). The molecule has 6 heteroatoms. The fraction of sp³-hybridized carbons (Fsp3) is 0.200. The molecule has 0 fully saturated rings. The topological polar surface area (TPSA) is 104 Å². The van der Waals surface area contributed by atoms with E-state index in [0.717, 1.165) is 0 Å². The molecule has 0 unspecified atom stereocenters. The number of carbonyl (C=O) groups excluding carboxylic acids is 1. The van der Waals surface area contributed by atoms with Gasteiger partial charge in [0.15, 0.2) is 0 Å². The Morgan fingerprint density at radius 2 is 2.12 bits per heavy atom. The molecule has 0 spiro atoms. The Balaban J connectivity index is 2.83. The first-order chi connectivity index (χ1) is 7.54. The number of nitrogen functional groups attached to an aromatic ring is 1. The lowest BCUT2D eigenvalue weighted by molar-refractivity contribution is -0.134. The van der Waals surface area contributed by atoms with E-state index < -0.39 is 5.97 Å². The molecule has 0 aliphatic rings. The van der Waals surface area contributed by atoms with Gasteiger partial charge in [0.05, 0.1) is 11.4 Å². The molecule has 6 nitrogen and oxygen atoms in total. The summed E-state index contributed by atoms with van der Waals surface area (Å²) in [6.45, 7) is -0.219. The maximum Gasteiger partial charge on any atom is 0.322 e. The monoisotopic (exact) mass is 223 g/mol. The Hall–Kier alpha value is -2.24. The zero-order chi connectivity index (χ0) is 12.1. The summed E-state index contributed by atoms with van der Waals surface area (Å²) in [5, 5.41) is 13.6. The number of carbonyl (C=O) groups is 2. The first kappa shape index (κ1) is 11.8. The molecule has 0 aliphatic carbocycles. The third kappa shape index (κ3) is 2.88. The van der Waals surface area contributed by atoms with Gasteiger partial charge in [0.25, 0.3) is 5.91 Å². The van der Waals surface area contributed by atoms with E-state index in [0.29, 0.717) is 16.9 Å². The fourth-order valence-corrected chi connectivity index (χ4v) is 1.18. The summed E-state index contributed by atoms with van der Waals surface area (Å²) in [6.07, 6.45) is 0. The predicted octanol–water partition coefficient (Wildman–Crippen LogP) is 0.125. The summed E-state index contributed by atoms with van der Waals surface area (Å²) in [5.41, 5.74) is 6.93. The van der Waals surface area contributed by atoms with Gasteiger partial charge in [0.1, 0.15) is 6.54 Å². The molecule has 1 aromatic carbocycles. The van der Waals surface area contributed by atoms with Crippen LogP contribution in [0.3, 0.4) is 0 Å². The van der Waals surface area contributed by atoms with E-state index in [9.17, 15) is 9.59 Å². The normalized spacial score (nSPS) is 9.56. The van der Waals surface area contributed by atoms with Crippen LogP contribution in [0.4, 0.5) is 11.4 Å². The fourth-order valence-electron chi connectivity index (χ4n) is 1.18. The van der Waals surface area contributed by atoms with Crippen molar-refractivity contribution in [2.75, 3.05) is 24.6 Å². The van der Waals surface area contributed by atoms with Gasteiger partial charge in [-0.1, -0.05) is 0 Å². The number of carboxylic acids is 1. The van der Waals surface area contributed by atoms with E-state index in [4.69, 9.17) is 10.8 Å². The van der Waals surface area contributed by atoms with Crippen molar-refractivity contribution in [2.45, 2.75) is 0 Å². The minimum atomic E-state index is -0.977. The van der Waals surface area contributed by atoms with Crippen LogP contribution < -0.4 is 16.4 Å². The predicted molar refractivity (Wildman–Crippen MR) is 60.4 cm³/mol. The number of nitrogens with one attached hydrogen (secondary N) is 2. The zero-order valence-electron chi connectivity index (χ0n) is 8.78. The number of anilines is 2. The molecular weight excluding hydrogens is 210 g/mol. The molecular formula is C10H13N3O3.